The van der Waals surface area contributed by atoms with Crippen LogP contribution >= 0.6 is 0 Å². The standard InChI is InChI=1S/C24H21FN8O4.C24H20FN5O4.C23H20FN9O3.C14H12FN3O3/c1-13-9-14(3-8-17(13)25)11-26-22(34)18-10-19(28-12-27-18)23(35)29-20(24(36)37-2)15-4-6-16(7-5-15)21-30-32-33-31-21;1-14-9-16(5-8-18(14)25)12-27-22(31)19-10-20(29-13-28-19)23(32)30-21(24(33)34-2)17-6-3-15(11-26)4-7-17;1-12-8-13(2-7-16(12)24)10-26-22(35)17-9-18(28-11-27-17)23(36)29-19(20(25)34)14-3-5-15(6-4-14)21-30-32-33-31-21;1-8-4-9(2-3-10(8)15)6-16-13(19)11-5-12(14(20)21)18-7-17-11/h3-10,12,20H,11H2,1-2H3,(H,26,34)(H,29,35)(H,30,31,32,33);3-10,13,21H,12H2,1-2H3,(H,27,31)(H,30,32);2-9,11,19H,10H2,1H3,(H2,25,34)(H,26,35)(H,29,36)(H,30,31,32,33);2-5,7H,6H2,1H3,(H,16,19)(H,20,21)/t20-;21-;19-;/m111./s1. The highest BCUT2D eigenvalue weighted by Crippen LogP contribution is 2.24. The average molecular weight is 1740 g/mol. The number of esters is 2. The maximum Gasteiger partial charge on any atom is 0.354 e. The lowest BCUT2D eigenvalue weighted by Gasteiger charge is -2.17. The first kappa shape index (κ1) is 92.7. The van der Waals surface area contributed by atoms with E-state index in [0.717, 1.165) is 36.9 Å². The third-order valence-electron chi connectivity index (χ3n) is 18.3. The number of hydrogen-bond acceptors (Lipinski definition) is 28. The van der Waals surface area contributed by atoms with Crippen molar-refractivity contribution in [3.05, 3.63) is 331 Å². The van der Waals surface area contributed by atoms with Gasteiger partial charge in [-0.3, -0.25) is 38.4 Å². The van der Waals surface area contributed by atoms with Gasteiger partial charge in [0.25, 0.3) is 41.4 Å². The Labute approximate surface area is 722 Å². The number of ether oxygens (including phenoxy) is 2. The van der Waals surface area contributed by atoms with E-state index in [4.69, 9.17) is 25.6 Å². The van der Waals surface area contributed by atoms with Gasteiger partial charge in [0.15, 0.2) is 17.8 Å². The van der Waals surface area contributed by atoms with Crippen molar-refractivity contribution in [1.29, 1.82) is 5.26 Å². The van der Waals surface area contributed by atoms with Gasteiger partial charge in [0.1, 0.15) is 94.5 Å². The lowest BCUT2D eigenvalue weighted by molar-refractivity contribution is -0.143. The van der Waals surface area contributed by atoms with Crippen LogP contribution < -0.4 is 43.0 Å². The summed E-state index contributed by atoms with van der Waals surface area (Å²) in [6, 6.07) is 40.3. The predicted octanol–water partition coefficient (Wildman–Crippen LogP) is 6.59. The van der Waals surface area contributed by atoms with Crippen LogP contribution in [0.25, 0.3) is 22.8 Å². The molecule has 8 amide bonds. The van der Waals surface area contributed by atoms with Crippen molar-refractivity contribution in [2.24, 2.45) is 5.73 Å². The van der Waals surface area contributed by atoms with Crippen LogP contribution in [0.15, 0.2) is 195 Å². The number of aromatic carboxylic acids is 1. The SMILES string of the molecule is COC(=O)[C@H](NC(=O)c1cc(C(=O)NCc2ccc(F)c(C)c2)ncn1)c1ccc(-c2nn[nH]n2)cc1.COC(=O)[C@H](NC(=O)c1cc(C(=O)NCc2ccc(F)c(C)c2)ncn1)c1ccc(C#N)cc1.Cc1cc(CNC(=O)c2cc(C(=O)N[C@@H](C(N)=O)c3ccc(-c4nn[nH]n4)cc3)ncn2)ccc1F.Cc1cc(CNC(=O)c2cc(C(=O)O)ncn2)ccc1F. The van der Waals surface area contributed by atoms with Crippen LogP contribution in [0.5, 0.6) is 0 Å². The molecule has 12 N–H and O–H groups in total. The lowest BCUT2D eigenvalue weighted by Crippen LogP contribution is -2.38. The minimum atomic E-state index is -1.24. The summed E-state index contributed by atoms with van der Waals surface area (Å²) in [6.07, 6.45) is 4.20. The average Bonchev–Trinajstić information content (AvgIpc) is 1.16. The minimum Gasteiger partial charge on any atom is -0.477 e. The summed E-state index contributed by atoms with van der Waals surface area (Å²) >= 11 is 0. The van der Waals surface area contributed by atoms with Crippen molar-refractivity contribution in [3.63, 3.8) is 0 Å². The molecule has 7 aromatic carbocycles. The Morgan fingerprint density at radius 2 is 0.648 bits per heavy atom. The maximum absolute atomic E-state index is 13.5. The summed E-state index contributed by atoms with van der Waals surface area (Å²) in [4.78, 5) is 166. The number of nitrogens with one attached hydrogen (secondary N) is 9. The molecule has 0 aliphatic rings. The molecule has 6 aromatic heterocycles. The molecule has 0 saturated heterocycles. The first-order valence-corrected chi connectivity index (χ1v) is 37.7. The van der Waals surface area contributed by atoms with Crippen LogP contribution in [0.4, 0.5) is 17.6 Å². The van der Waals surface area contributed by atoms with E-state index in [2.05, 4.69) is 118 Å². The minimum absolute atomic E-state index is 0.0405. The molecule has 0 saturated carbocycles. The number of H-pyrrole nitrogens is 2. The molecule has 3 atom stereocenters. The summed E-state index contributed by atoms with van der Waals surface area (Å²) < 4.78 is 63.0. The normalized spacial score (nSPS) is 11.2. The number of carboxylic acid groups (broad SMARTS) is 1. The van der Waals surface area contributed by atoms with E-state index in [9.17, 15) is 70.3 Å². The molecule has 13 rings (SSSR count). The monoisotopic (exact) mass is 1740 g/mol. The van der Waals surface area contributed by atoms with Crippen LogP contribution in [-0.2, 0) is 50.0 Å². The molecule has 0 bridgehead atoms. The van der Waals surface area contributed by atoms with E-state index in [1.807, 2.05) is 6.07 Å². The highest BCUT2D eigenvalue weighted by Gasteiger charge is 2.29. The van der Waals surface area contributed by atoms with Gasteiger partial charge in [-0.05, 0) is 136 Å². The van der Waals surface area contributed by atoms with Crippen molar-refractivity contribution < 1.29 is 84.9 Å². The number of nitrogens with two attached hydrogens (primary N) is 1. The number of aromatic nitrogens is 16. The zero-order valence-corrected chi connectivity index (χ0v) is 68.1. The molecular formula is C85H73F4N25O14. The highest BCUT2D eigenvalue weighted by atomic mass is 19.1. The number of carbonyl (C=O) groups is 11. The van der Waals surface area contributed by atoms with E-state index < -0.39 is 83.3 Å². The largest absolute Gasteiger partial charge is 0.477 e. The molecular weight excluding hydrogens is 1670 g/mol. The van der Waals surface area contributed by atoms with Gasteiger partial charge < -0.3 is 57.5 Å². The van der Waals surface area contributed by atoms with E-state index in [0.29, 0.717) is 84.0 Å². The second-order valence-electron chi connectivity index (χ2n) is 27.1. The predicted molar refractivity (Wildman–Crippen MR) is 439 cm³/mol. The number of primary amides is 1. The van der Waals surface area contributed by atoms with Gasteiger partial charge in [0, 0.05) is 61.6 Å². The molecule has 128 heavy (non-hydrogen) atoms. The Balaban J connectivity index is 0.000000181. The second kappa shape index (κ2) is 44.3. The number of methoxy groups -OCH3 is 2. The molecule has 0 unspecified atom stereocenters. The van der Waals surface area contributed by atoms with Gasteiger partial charge in [0.05, 0.1) is 25.9 Å². The van der Waals surface area contributed by atoms with Crippen LogP contribution in [0.1, 0.15) is 169 Å². The third kappa shape index (κ3) is 25.7. The number of rotatable bonds is 27. The number of carboxylic acids is 1. The molecule has 650 valence electrons. The van der Waals surface area contributed by atoms with Gasteiger partial charge in [-0.25, -0.2) is 71.8 Å². The zero-order valence-electron chi connectivity index (χ0n) is 68.1. The molecule has 6 heterocycles. The van der Waals surface area contributed by atoms with Crippen molar-refractivity contribution >= 4 is 65.2 Å². The molecule has 0 spiro atoms. The second-order valence-corrected chi connectivity index (χ2v) is 27.1. The van der Waals surface area contributed by atoms with E-state index >= 15 is 0 Å². The quantitative estimate of drug-likeness (QED) is 0.0191. The molecule has 0 fully saturated rings. The topological polar surface area (TPSA) is 573 Å². The number of hydrogen-bond donors (Lipinski definition) is 11. The first-order valence-electron chi connectivity index (χ1n) is 37.7. The number of amides is 8. The maximum atomic E-state index is 13.5. The van der Waals surface area contributed by atoms with Gasteiger partial charge >= 0.3 is 17.9 Å². The smallest absolute Gasteiger partial charge is 0.354 e. The number of nitrogens with zero attached hydrogens (tertiary/aromatic N) is 15. The molecule has 0 radical (unpaired) electrons. The number of halogens is 4. The Kier molecular flexibility index (Phi) is 32.0. The van der Waals surface area contributed by atoms with E-state index in [1.54, 1.807) is 125 Å². The Hall–Kier alpha value is -17.6. The Bertz CT molecular complexity index is 6300. The summed E-state index contributed by atoms with van der Waals surface area (Å²) in [7, 11) is 2.38. The summed E-state index contributed by atoms with van der Waals surface area (Å²) in [5, 5.41) is 63.1. The fourth-order valence-electron chi connectivity index (χ4n) is 11.5. The zero-order chi connectivity index (χ0) is 92.1. The van der Waals surface area contributed by atoms with E-state index in [1.165, 1.54) is 80.9 Å². The summed E-state index contributed by atoms with van der Waals surface area (Å²) in [5.41, 5.74) is 12.2. The van der Waals surface area contributed by atoms with Crippen LogP contribution in [0.3, 0.4) is 0 Å². The lowest BCUT2D eigenvalue weighted by atomic mass is 10.0. The van der Waals surface area contributed by atoms with Crippen molar-refractivity contribution in [1.82, 2.24) is 118 Å². The van der Waals surface area contributed by atoms with E-state index in [-0.39, 0.29) is 95.0 Å². The third-order valence-corrected chi connectivity index (χ3v) is 18.3. The number of aryl methyl sites for hydroxylation is 4. The number of tetrazole rings is 2. The van der Waals surface area contributed by atoms with Crippen LogP contribution in [-0.4, -0.2) is 166 Å². The van der Waals surface area contributed by atoms with Crippen molar-refractivity contribution in [2.45, 2.75) is 72.0 Å². The Morgan fingerprint density at radius 3 is 0.906 bits per heavy atom. The van der Waals surface area contributed by atoms with Crippen molar-refractivity contribution in [2.75, 3.05) is 14.2 Å². The van der Waals surface area contributed by atoms with Gasteiger partial charge in [0.2, 0.25) is 17.6 Å². The van der Waals surface area contributed by atoms with Crippen LogP contribution in [0.2, 0.25) is 0 Å². The fourth-order valence-corrected chi connectivity index (χ4v) is 11.5. The molecule has 39 nitrogen and oxygen atoms in total. The fraction of sp³-hybridized carbons (Fsp3) is 0.153. The highest BCUT2D eigenvalue weighted by molar-refractivity contribution is 6.01. The van der Waals surface area contributed by atoms with Crippen molar-refractivity contribution in [3.8, 4) is 28.8 Å². The van der Waals surface area contributed by atoms with Gasteiger partial charge in [-0.15, -0.1) is 20.4 Å². The summed E-state index contributed by atoms with van der Waals surface area (Å²) in [5.74, 6) is -8.44. The number of nitriles is 1. The number of carbonyl (C=O) groups excluding carboxylic acids is 10. The molecule has 0 aliphatic carbocycles. The first-order chi connectivity index (χ1) is 61.4. The van der Waals surface area contributed by atoms with Gasteiger partial charge in [-0.2, -0.15) is 15.7 Å². The molecule has 0 aliphatic heterocycles. The van der Waals surface area contributed by atoms with Crippen LogP contribution in [0, 0.1) is 62.3 Å². The number of benzene rings is 7. The van der Waals surface area contributed by atoms with Gasteiger partial charge in [-0.1, -0.05) is 109 Å². The molecule has 43 heteroatoms. The summed E-state index contributed by atoms with van der Waals surface area (Å²) in [6.45, 7) is 7.09. The number of aromatic amines is 2. The molecule has 13 aromatic rings. The Morgan fingerprint density at radius 1 is 0.383 bits per heavy atom.